The van der Waals surface area contributed by atoms with E-state index in [0.717, 1.165) is 32.5 Å². The predicted octanol–water partition coefficient (Wildman–Crippen LogP) is 3.06. The van der Waals surface area contributed by atoms with Gasteiger partial charge in [0.05, 0.1) is 0 Å². The van der Waals surface area contributed by atoms with Crippen LogP contribution in [-0.4, -0.2) is 36.5 Å². The van der Waals surface area contributed by atoms with E-state index in [2.05, 4.69) is 27.7 Å². The third-order valence-corrected chi connectivity index (χ3v) is 5.49. The van der Waals surface area contributed by atoms with Crippen LogP contribution in [0.25, 0.3) is 0 Å². The molecule has 1 aromatic heterocycles. The van der Waals surface area contributed by atoms with Crippen LogP contribution < -0.4 is 5.32 Å². The predicted molar refractivity (Wildman–Crippen MR) is 87.6 cm³/mol. The minimum Gasteiger partial charge on any atom is -0.339 e. The van der Waals surface area contributed by atoms with E-state index in [1.807, 2.05) is 0 Å². The number of amides is 1. The number of nitrogens with zero attached hydrogens (tertiary/aromatic N) is 1. The van der Waals surface area contributed by atoms with Crippen molar-refractivity contribution in [1.29, 1.82) is 0 Å². The maximum absolute atomic E-state index is 12.5. The lowest BCUT2D eigenvalue weighted by molar-refractivity contribution is -0.132. The average Bonchev–Trinajstić information content (AvgIpc) is 3.22. The maximum Gasteiger partial charge on any atom is 0.222 e. The van der Waals surface area contributed by atoms with E-state index >= 15 is 0 Å². The van der Waals surface area contributed by atoms with Crippen molar-refractivity contribution in [2.24, 2.45) is 5.92 Å². The van der Waals surface area contributed by atoms with Gasteiger partial charge >= 0.3 is 0 Å². The molecule has 1 N–H and O–H groups in total. The van der Waals surface area contributed by atoms with Crippen molar-refractivity contribution < 1.29 is 4.79 Å². The monoisotopic (exact) mass is 306 g/mol. The summed E-state index contributed by atoms with van der Waals surface area (Å²) in [6, 6.07) is 4.82. The Morgan fingerprint density at radius 2 is 2.29 bits per heavy atom. The summed E-state index contributed by atoms with van der Waals surface area (Å²) in [6.07, 6.45) is 7.73. The molecule has 1 unspecified atom stereocenters. The van der Waals surface area contributed by atoms with Crippen molar-refractivity contribution in [3.05, 3.63) is 22.4 Å². The zero-order valence-electron chi connectivity index (χ0n) is 12.7. The number of nitrogens with one attached hydrogen (secondary N) is 1. The van der Waals surface area contributed by atoms with Gasteiger partial charge in [-0.05, 0) is 69.0 Å². The van der Waals surface area contributed by atoms with Gasteiger partial charge < -0.3 is 10.2 Å². The fourth-order valence-electron chi connectivity index (χ4n) is 3.21. The molecule has 1 aliphatic carbocycles. The smallest absolute Gasteiger partial charge is 0.222 e. The van der Waals surface area contributed by atoms with Gasteiger partial charge in [0.1, 0.15) is 0 Å². The molecule has 116 valence electrons. The molecule has 3 nitrogen and oxygen atoms in total. The summed E-state index contributed by atoms with van der Waals surface area (Å²) in [7, 11) is 0. The topological polar surface area (TPSA) is 32.3 Å². The highest BCUT2D eigenvalue weighted by Gasteiger charge is 2.33. The highest BCUT2D eigenvalue weighted by Crippen LogP contribution is 2.29. The fourth-order valence-corrected chi connectivity index (χ4v) is 3.96. The molecule has 2 fully saturated rings. The van der Waals surface area contributed by atoms with Gasteiger partial charge in [0, 0.05) is 23.9 Å². The van der Waals surface area contributed by atoms with E-state index in [1.165, 1.54) is 30.6 Å². The summed E-state index contributed by atoms with van der Waals surface area (Å²) in [5.74, 6) is 1.06. The van der Waals surface area contributed by atoms with Gasteiger partial charge in [0.25, 0.3) is 0 Å². The van der Waals surface area contributed by atoms with Crippen molar-refractivity contribution in [2.75, 3.05) is 19.6 Å². The van der Waals surface area contributed by atoms with Crippen molar-refractivity contribution in [3.8, 4) is 0 Å². The first-order valence-electron chi connectivity index (χ1n) is 8.35. The zero-order valence-corrected chi connectivity index (χ0v) is 13.5. The summed E-state index contributed by atoms with van der Waals surface area (Å²) >= 11 is 1.80. The van der Waals surface area contributed by atoms with Crippen LogP contribution in [0, 0.1) is 5.92 Å². The molecular weight excluding hydrogens is 280 g/mol. The van der Waals surface area contributed by atoms with E-state index in [9.17, 15) is 4.79 Å². The number of aryl methyl sites for hydroxylation is 1. The fraction of sp³-hybridized carbons (Fsp3) is 0.706. The van der Waals surface area contributed by atoms with Crippen molar-refractivity contribution in [3.63, 3.8) is 0 Å². The Labute approximate surface area is 131 Å². The van der Waals surface area contributed by atoms with Crippen LogP contribution in [0.15, 0.2) is 17.5 Å². The molecule has 2 aliphatic rings. The molecule has 1 saturated carbocycles. The number of hydrogen-bond donors (Lipinski definition) is 1. The van der Waals surface area contributed by atoms with Gasteiger partial charge in [-0.1, -0.05) is 6.07 Å². The molecule has 1 amide bonds. The van der Waals surface area contributed by atoms with Gasteiger partial charge in [-0.15, -0.1) is 11.3 Å². The van der Waals surface area contributed by atoms with E-state index in [1.54, 1.807) is 11.3 Å². The Balaban J connectivity index is 1.45. The first-order chi connectivity index (χ1) is 10.3. The molecule has 0 spiro atoms. The second kappa shape index (κ2) is 7.41. The number of hydrogen-bond acceptors (Lipinski definition) is 3. The van der Waals surface area contributed by atoms with E-state index in [-0.39, 0.29) is 0 Å². The quantitative estimate of drug-likeness (QED) is 0.839. The minimum absolute atomic E-state index is 0.389. The average molecular weight is 306 g/mol. The molecule has 4 heteroatoms. The second-order valence-electron chi connectivity index (χ2n) is 6.42. The van der Waals surface area contributed by atoms with Gasteiger partial charge in [-0.3, -0.25) is 4.79 Å². The third kappa shape index (κ3) is 4.55. The normalized spacial score (nSPS) is 22.2. The molecule has 3 rings (SSSR count). The van der Waals surface area contributed by atoms with Crippen molar-refractivity contribution in [1.82, 2.24) is 10.2 Å². The van der Waals surface area contributed by atoms with Crippen molar-refractivity contribution >= 4 is 17.2 Å². The first-order valence-corrected chi connectivity index (χ1v) is 9.23. The highest BCUT2D eigenvalue weighted by molar-refractivity contribution is 7.09. The second-order valence-corrected chi connectivity index (χ2v) is 7.45. The van der Waals surface area contributed by atoms with Crippen LogP contribution >= 0.6 is 11.3 Å². The van der Waals surface area contributed by atoms with Gasteiger partial charge in [-0.25, -0.2) is 0 Å². The molecule has 1 saturated heterocycles. The van der Waals surface area contributed by atoms with Gasteiger partial charge in [0.2, 0.25) is 5.91 Å². The number of thiophene rings is 1. The van der Waals surface area contributed by atoms with Crippen LogP contribution in [-0.2, 0) is 11.2 Å². The molecule has 0 radical (unpaired) electrons. The first kappa shape index (κ1) is 15.0. The summed E-state index contributed by atoms with van der Waals surface area (Å²) < 4.78 is 0. The van der Waals surface area contributed by atoms with Crippen LogP contribution in [0.4, 0.5) is 0 Å². The Morgan fingerprint density at radius 3 is 2.95 bits per heavy atom. The van der Waals surface area contributed by atoms with Crippen LogP contribution in [0.2, 0.25) is 0 Å². The number of rotatable bonds is 7. The van der Waals surface area contributed by atoms with Crippen LogP contribution in [0.5, 0.6) is 0 Å². The minimum atomic E-state index is 0.389. The zero-order chi connectivity index (χ0) is 14.5. The number of carbonyl (C=O) groups is 1. The number of carbonyl (C=O) groups excluding carboxylic acids is 1. The Bertz CT molecular complexity index is 436. The Hall–Kier alpha value is -0.870. The lowest BCUT2D eigenvalue weighted by Gasteiger charge is -2.30. The Morgan fingerprint density at radius 1 is 1.38 bits per heavy atom. The molecule has 1 aromatic rings. The standard InChI is InChI=1S/C17H26N2OS/c20-17(7-1-5-16-6-3-11-21-16)19(15-8-9-15)13-14-4-2-10-18-12-14/h3,6,11,14-15,18H,1-2,4-5,7-10,12-13H2. The molecule has 0 aromatic carbocycles. The lowest BCUT2D eigenvalue weighted by atomic mass is 9.98. The molecule has 1 atom stereocenters. The van der Waals surface area contributed by atoms with Crippen molar-refractivity contribution in [2.45, 2.75) is 51.0 Å². The van der Waals surface area contributed by atoms with Crippen LogP contribution in [0.3, 0.4) is 0 Å². The summed E-state index contributed by atoms with van der Waals surface area (Å²) in [4.78, 5) is 16.1. The van der Waals surface area contributed by atoms with Gasteiger partial charge in [0.15, 0.2) is 0 Å². The summed E-state index contributed by atoms with van der Waals surface area (Å²) in [5, 5.41) is 5.58. The largest absolute Gasteiger partial charge is 0.339 e. The lowest BCUT2D eigenvalue weighted by Crippen LogP contribution is -2.42. The molecule has 21 heavy (non-hydrogen) atoms. The molecule has 1 aliphatic heterocycles. The summed E-state index contributed by atoms with van der Waals surface area (Å²) in [6.45, 7) is 3.22. The molecule has 2 heterocycles. The van der Waals surface area contributed by atoms with E-state index in [4.69, 9.17) is 0 Å². The highest BCUT2D eigenvalue weighted by atomic mass is 32.1. The Kier molecular flexibility index (Phi) is 5.31. The molecular formula is C17H26N2OS. The molecule has 0 bridgehead atoms. The third-order valence-electron chi connectivity index (χ3n) is 4.56. The maximum atomic E-state index is 12.5. The SMILES string of the molecule is O=C(CCCc1cccs1)N(CC1CCCNC1)C1CC1. The van der Waals surface area contributed by atoms with E-state index in [0.29, 0.717) is 24.3 Å². The summed E-state index contributed by atoms with van der Waals surface area (Å²) in [5.41, 5.74) is 0. The van der Waals surface area contributed by atoms with Gasteiger partial charge in [-0.2, -0.15) is 0 Å². The van der Waals surface area contributed by atoms with Crippen LogP contribution in [0.1, 0.15) is 43.4 Å². The van der Waals surface area contributed by atoms with E-state index < -0.39 is 0 Å². The number of piperidine rings is 1.